The summed E-state index contributed by atoms with van der Waals surface area (Å²) in [6.45, 7) is 4.08. The molecule has 0 aliphatic rings. The van der Waals surface area contributed by atoms with E-state index in [0.717, 1.165) is 24.8 Å². The standard InChI is InChI=1S/C22H26ClN3O3/c1-3-4-9-17(13-27)25-22(28)20-15(2)24-21-19(11-7-12-26(20)21)29-14-16-8-5-6-10-18(16)23/h5-8,10-12,17,27H,3-4,9,13-14H2,1-2H3,(H,25,28)/t17-/m1/s1. The van der Waals surface area contributed by atoms with Crippen molar-refractivity contribution in [3.05, 3.63) is 64.6 Å². The number of pyridine rings is 1. The fourth-order valence-corrected chi connectivity index (χ4v) is 3.42. The number of hydrogen-bond donors (Lipinski definition) is 2. The van der Waals surface area contributed by atoms with Crippen molar-refractivity contribution in [2.24, 2.45) is 0 Å². The Hall–Kier alpha value is -2.57. The zero-order valence-corrected chi connectivity index (χ0v) is 17.4. The molecule has 7 heteroatoms. The molecule has 0 spiro atoms. The molecule has 0 aliphatic heterocycles. The van der Waals surface area contributed by atoms with Crippen LogP contribution in [0.3, 0.4) is 0 Å². The van der Waals surface area contributed by atoms with Crippen LogP contribution in [-0.4, -0.2) is 33.0 Å². The van der Waals surface area contributed by atoms with E-state index in [1.807, 2.05) is 36.4 Å². The summed E-state index contributed by atoms with van der Waals surface area (Å²) in [6.07, 6.45) is 4.47. The number of benzene rings is 1. The SMILES string of the molecule is CCCC[C@H](CO)NC(=O)c1c(C)nc2c(OCc3ccccc3Cl)cccn12. The first-order chi connectivity index (χ1) is 14.0. The van der Waals surface area contributed by atoms with Gasteiger partial charge in [-0.05, 0) is 31.5 Å². The maximum absolute atomic E-state index is 12.9. The molecule has 2 heterocycles. The second-order valence-electron chi connectivity index (χ2n) is 6.99. The summed E-state index contributed by atoms with van der Waals surface area (Å²) >= 11 is 6.20. The number of aliphatic hydroxyl groups is 1. The van der Waals surface area contributed by atoms with Gasteiger partial charge in [0.1, 0.15) is 12.3 Å². The largest absolute Gasteiger partial charge is 0.485 e. The highest BCUT2D eigenvalue weighted by Gasteiger charge is 2.21. The zero-order chi connectivity index (χ0) is 20.8. The normalized spacial score (nSPS) is 12.1. The number of aryl methyl sites for hydroxylation is 1. The molecule has 3 aromatic rings. The van der Waals surface area contributed by atoms with Crippen molar-refractivity contribution in [1.82, 2.24) is 14.7 Å². The van der Waals surface area contributed by atoms with Crippen LogP contribution in [0, 0.1) is 6.92 Å². The Morgan fingerprint density at radius 2 is 2.10 bits per heavy atom. The van der Waals surface area contributed by atoms with Crippen LogP contribution in [0.5, 0.6) is 5.75 Å². The number of nitrogens with one attached hydrogen (secondary N) is 1. The molecule has 0 saturated heterocycles. The number of nitrogens with zero attached hydrogens (tertiary/aromatic N) is 2. The van der Waals surface area contributed by atoms with Crippen molar-refractivity contribution in [1.29, 1.82) is 0 Å². The van der Waals surface area contributed by atoms with E-state index in [2.05, 4.69) is 17.2 Å². The molecule has 2 N–H and O–H groups in total. The molecule has 0 fully saturated rings. The number of ether oxygens (including phenoxy) is 1. The number of aliphatic hydroxyl groups excluding tert-OH is 1. The van der Waals surface area contributed by atoms with Gasteiger partial charge in [0.05, 0.1) is 18.3 Å². The van der Waals surface area contributed by atoms with Crippen LogP contribution in [0.2, 0.25) is 5.02 Å². The highest BCUT2D eigenvalue weighted by molar-refractivity contribution is 6.31. The second kappa shape index (κ2) is 9.76. The van der Waals surface area contributed by atoms with Gasteiger partial charge in [-0.25, -0.2) is 4.98 Å². The molecular formula is C22H26ClN3O3. The number of amides is 1. The van der Waals surface area contributed by atoms with Crippen molar-refractivity contribution in [2.75, 3.05) is 6.61 Å². The van der Waals surface area contributed by atoms with Crippen LogP contribution in [0.1, 0.15) is 47.9 Å². The van der Waals surface area contributed by atoms with E-state index >= 15 is 0 Å². The van der Waals surface area contributed by atoms with Crippen LogP contribution in [0.15, 0.2) is 42.6 Å². The first kappa shape index (κ1) is 21.1. The molecule has 0 bridgehead atoms. The van der Waals surface area contributed by atoms with Gasteiger partial charge in [0.2, 0.25) is 0 Å². The summed E-state index contributed by atoms with van der Waals surface area (Å²) in [7, 11) is 0. The Labute approximate surface area is 175 Å². The summed E-state index contributed by atoms with van der Waals surface area (Å²) in [4.78, 5) is 17.4. The molecular weight excluding hydrogens is 390 g/mol. The molecule has 2 aromatic heterocycles. The average molecular weight is 416 g/mol. The molecule has 154 valence electrons. The van der Waals surface area contributed by atoms with E-state index in [9.17, 15) is 9.90 Å². The van der Waals surface area contributed by atoms with Crippen LogP contribution in [0.4, 0.5) is 0 Å². The summed E-state index contributed by atoms with van der Waals surface area (Å²) in [5.74, 6) is 0.313. The molecule has 1 aromatic carbocycles. The maximum Gasteiger partial charge on any atom is 0.270 e. The van der Waals surface area contributed by atoms with Crippen molar-refractivity contribution in [3.8, 4) is 5.75 Å². The van der Waals surface area contributed by atoms with Gasteiger partial charge in [0.15, 0.2) is 11.4 Å². The summed E-state index contributed by atoms with van der Waals surface area (Å²) < 4.78 is 7.67. The van der Waals surface area contributed by atoms with Crippen LogP contribution in [-0.2, 0) is 6.61 Å². The van der Waals surface area contributed by atoms with E-state index in [-0.39, 0.29) is 18.6 Å². The minimum absolute atomic E-state index is 0.0896. The first-order valence-corrected chi connectivity index (χ1v) is 10.2. The number of imidazole rings is 1. The molecule has 6 nitrogen and oxygen atoms in total. The number of hydrogen-bond acceptors (Lipinski definition) is 4. The van der Waals surface area contributed by atoms with Gasteiger partial charge in [-0.15, -0.1) is 0 Å². The minimum atomic E-state index is -0.271. The van der Waals surface area contributed by atoms with Gasteiger partial charge < -0.3 is 15.2 Å². The number of fused-ring (bicyclic) bond motifs is 1. The van der Waals surface area contributed by atoms with E-state index in [1.54, 1.807) is 17.5 Å². The Kier molecular flexibility index (Phi) is 7.12. The Morgan fingerprint density at radius 3 is 2.83 bits per heavy atom. The van der Waals surface area contributed by atoms with Crippen molar-refractivity contribution >= 4 is 23.2 Å². The highest BCUT2D eigenvalue weighted by atomic mass is 35.5. The lowest BCUT2D eigenvalue weighted by atomic mass is 10.1. The second-order valence-corrected chi connectivity index (χ2v) is 7.39. The van der Waals surface area contributed by atoms with Crippen molar-refractivity contribution < 1.29 is 14.6 Å². The quantitative estimate of drug-likeness (QED) is 0.550. The third-order valence-electron chi connectivity index (χ3n) is 4.81. The number of unbranched alkanes of at least 4 members (excludes halogenated alkanes) is 1. The molecule has 1 atom stereocenters. The average Bonchev–Trinajstić information content (AvgIpc) is 3.06. The van der Waals surface area contributed by atoms with Gasteiger partial charge in [-0.3, -0.25) is 9.20 Å². The smallest absolute Gasteiger partial charge is 0.270 e. The molecule has 0 radical (unpaired) electrons. The van der Waals surface area contributed by atoms with E-state index in [0.29, 0.717) is 34.4 Å². The number of carbonyl (C=O) groups is 1. The highest BCUT2D eigenvalue weighted by Crippen LogP contribution is 2.24. The van der Waals surface area contributed by atoms with Crippen LogP contribution in [0.25, 0.3) is 5.65 Å². The zero-order valence-electron chi connectivity index (χ0n) is 16.7. The molecule has 0 unspecified atom stereocenters. The third-order valence-corrected chi connectivity index (χ3v) is 5.18. The maximum atomic E-state index is 12.9. The van der Waals surface area contributed by atoms with Gasteiger partial charge >= 0.3 is 0 Å². The van der Waals surface area contributed by atoms with Crippen molar-refractivity contribution in [2.45, 2.75) is 45.8 Å². The fourth-order valence-electron chi connectivity index (χ4n) is 3.23. The molecule has 3 rings (SSSR count). The molecule has 0 aliphatic carbocycles. The van der Waals surface area contributed by atoms with Crippen LogP contribution >= 0.6 is 11.6 Å². The first-order valence-electron chi connectivity index (χ1n) is 9.80. The predicted octanol–water partition coefficient (Wildman–Crippen LogP) is 4.16. The molecule has 0 saturated carbocycles. The fraction of sp³-hybridized carbons (Fsp3) is 0.364. The molecule has 29 heavy (non-hydrogen) atoms. The number of halogens is 1. The van der Waals surface area contributed by atoms with E-state index < -0.39 is 0 Å². The lowest BCUT2D eigenvalue weighted by Gasteiger charge is -2.16. The number of carbonyl (C=O) groups excluding carboxylic acids is 1. The lowest BCUT2D eigenvalue weighted by Crippen LogP contribution is -2.38. The Bertz CT molecular complexity index is 987. The Morgan fingerprint density at radius 1 is 1.31 bits per heavy atom. The lowest BCUT2D eigenvalue weighted by molar-refractivity contribution is 0.0905. The topological polar surface area (TPSA) is 75.9 Å². The number of aromatic nitrogens is 2. The van der Waals surface area contributed by atoms with E-state index in [1.165, 1.54) is 0 Å². The van der Waals surface area contributed by atoms with Gasteiger partial charge in [0, 0.05) is 16.8 Å². The Balaban J connectivity index is 1.83. The third kappa shape index (κ3) is 4.89. The monoisotopic (exact) mass is 415 g/mol. The minimum Gasteiger partial charge on any atom is -0.485 e. The van der Waals surface area contributed by atoms with Gasteiger partial charge in [0.25, 0.3) is 5.91 Å². The van der Waals surface area contributed by atoms with E-state index in [4.69, 9.17) is 16.3 Å². The molecule has 1 amide bonds. The summed E-state index contributed by atoms with van der Waals surface area (Å²) in [5.41, 5.74) is 2.48. The summed E-state index contributed by atoms with van der Waals surface area (Å²) in [6, 6.07) is 10.9. The van der Waals surface area contributed by atoms with Crippen molar-refractivity contribution in [3.63, 3.8) is 0 Å². The van der Waals surface area contributed by atoms with Gasteiger partial charge in [-0.2, -0.15) is 0 Å². The van der Waals surface area contributed by atoms with Gasteiger partial charge in [-0.1, -0.05) is 49.6 Å². The van der Waals surface area contributed by atoms with Crippen LogP contribution < -0.4 is 10.1 Å². The number of rotatable bonds is 9. The predicted molar refractivity (Wildman–Crippen MR) is 114 cm³/mol. The summed E-state index contributed by atoms with van der Waals surface area (Å²) in [5, 5.41) is 13.1.